The zero-order valence-electron chi connectivity index (χ0n) is 19.3. The standard InChI is InChI=1S/C25H41NO4/c1-4-7-9-11-13-24(27)29-22-16-15-21(17-19-26-18-6-3)20-23(22)30-25(28)14-12-10-8-5-2/h15-16,20,26H,4-14,17-19H2,1-3H3. The summed E-state index contributed by atoms with van der Waals surface area (Å²) in [6.07, 6.45) is 10.9. The Morgan fingerprint density at radius 3 is 1.90 bits per heavy atom. The summed E-state index contributed by atoms with van der Waals surface area (Å²) < 4.78 is 11.1. The van der Waals surface area contributed by atoms with Gasteiger partial charge in [0.05, 0.1) is 0 Å². The van der Waals surface area contributed by atoms with Gasteiger partial charge in [0.15, 0.2) is 11.5 Å². The summed E-state index contributed by atoms with van der Waals surface area (Å²) in [7, 11) is 0. The number of benzene rings is 1. The number of ether oxygens (including phenoxy) is 2. The van der Waals surface area contributed by atoms with Crippen molar-refractivity contribution in [2.24, 2.45) is 0 Å². The minimum Gasteiger partial charge on any atom is -0.423 e. The zero-order valence-corrected chi connectivity index (χ0v) is 19.3. The van der Waals surface area contributed by atoms with Gasteiger partial charge in [-0.2, -0.15) is 0 Å². The molecule has 5 heteroatoms. The largest absolute Gasteiger partial charge is 0.423 e. The second-order valence-electron chi connectivity index (χ2n) is 7.85. The number of esters is 2. The van der Waals surface area contributed by atoms with Crippen LogP contribution in [0.3, 0.4) is 0 Å². The van der Waals surface area contributed by atoms with Crippen LogP contribution in [0.1, 0.15) is 97.0 Å². The maximum atomic E-state index is 12.3. The highest BCUT2D eigenvalue weighted by Gasteiger charge is 2.15. The Hall–Kier alpha value is -1.88. The summed E-state index contributed by atoms with van der Waals surface area (Å²) in [4.78, 5) is 24.5. The Balaban J connectivity index is 2.73. The fourth-order valence-corrected chi connectivity index (χ4v) is 3.15. The molecular weight excluding hydrogens is 378 g/mol. The topological polar surface area (TPSA) is 64.6 Å². The van der Waals surface area contributed by atoms with Crippen LogP contribution in [0.2, 0.25) is 0 Å². The summed E-state index contributed by atoms with van der Waals surface area (Å²) in [5.41, 5.74) is 1.05. The molecule has 0 aliphatic carbocycles. The van der Waals surface area contributed by atoms with Crippen LogP contribution in [0.5, 0.6) is 11.5 Å². The van der Waals surface area contributed by atoms with E-state index in [9.17, 15) is 9.59 Å². The van der Waals surface area contributed by atoms with E-state index in [-0.39, 0.29) is 11.9 Å². The molecule has 1 rings (SSSR count). The zero-order chi connectivity index (χ0) is 22.0. The van der Waals surface area contributed by atoms with Gasteiger partial charge in [-0.3, -0.25) is 9.59 Å². The minimum atomic E-state index is -0.274. The van der Waals surface area contributed by atoms with E-state index in [0.29, 0.717) is 24.3 Å². The van der Waals surface area contributed by atoms with Crippen molar-refractivity contribution in [3.8, 4) is 11.5 Å². The maximum Gasteiger partial charge on any atom is 0.311 e. The molecule has 0 aromatic heterocycles. The van der Waals surface area contributed by atoms with E-state index in [1.54, 1.807) is 6.07 Å². The number of carbonyl (C=O) groups is 2. The highest BCUT2D eigenvalue weighted by Crippen LogP contribution is 2.30. The van der Waals surface area contributed by atoms with Crippen molar-refractivity contribution < 1.29 is 19.1 Å². The molecule has 1 N–H and O–H groups in total. The lowest BCUT2D eigenvalue weighted by Gasteiger charge is -2.13. The predicted octanol–water partition coefficient (Wildman–Crippen LogP) is 5.98. The van der Waals surface area contributed by atoms with Gasteiger partial charge in [0.2, 0.25) is 0 Å². The van der Waals surface area contributed by atoms with Crippen molar-refractivity contribution in [1.82, 2.24) is 5.32 Å². The molecule has 0 fully saturated rings. The van der Waals surface area contributed by atoms with Gasteiger partial charge >= 0.3 is 11.9 Å². The average Bonchev–Trinajstić information content (AvgIpc) is 2.73. The maximum absolute atomic E-state index is 12.3. The molecule has 5 nitrogen and oxygen atoms in total. The van der Waals surface area contributed by atoms with Gasteiger partial charge in [0.25, 0.3) is 0 Å². The van der Waals surface area contributed by atoms with Crippen molar-refractivity contribution >= 4 is 11.9 Å². The Bertz CT molecular complexity index is 615. The Labute approximate surface area is 182 Å². The molecule has 0 heterocycles. The summed E-state index contributed by atoms with van der Waals surface area (Å²) in [5.74, 6) is 0.143. The van der Waals surface area contributed by atoms with Gasteiger partial charge in [0, 0.05) is 12.8 Å². The number of hydrogen-bond acceptors (Lipinski definition) is 5. The van der Waals surface area contributed by atoms with Gasteiger partial charge < -0.3 is 14.8 Å². The molecule has 0 radical (unpaired) electrons. The van der Waals surface area contributed by atoms with Gasteiger partial charge in [-0.05, 0) is 56.5 Å². The van der Waals surface area contributed by atoms with Crippen LogP contribution in [0, 0.1) is 0 Å². The lowest BCUT2D eigenvalue weighted by molar-refractivity contribution is -0.137. The van der Waals surface area contributed by atoms with Crippen LogP contribution in [0.4, 0.5) is 0 Å². The van der Waals surface area contributed by atoms with Crippen LogP contribution in [-0.4, -0.2) is 25.0 Å². The second-order valence-corrected chi connectivity index (χ2v) is 7.85. The normalized spacial score (nSPS) is 10.8. The molecule has 1 aromatic rings. The van der Waals surface area contributed by atoms with Crippen molar-refractivity contribution in [3.63, 3.8) is 0 Å². The summed E-state index contributed by atoms with van der Waals surface area (Å²) in [6.45, 7) is 8.25. The average molecular weight is 420 g/mol. The third-order valence-electron chi connectivity index (χ3n) is 4.94. The quantitative estimate of drug-likeness (QED) is 0.191. The predicted molar refractivity (Wildman–Crippen MR) is 122 cm³/mol. The molecule has 0 aliphatic rings. The third-order valence-corrected chi connectivity index (χ3v) is 4.94. The highest BCUT2D eigenvalue weighted by atomic mass is 16.6. The summed E-state index contributed by atoms with van der Waals surface area (Å²) >= 11 is 0. The van der Waals surface area contributed by atoms with E-state index in [4.69, 9.17) is 9.47 Å². The molecular formula is C25H41NO4. The van der Waals surface area contributed by atoms with Crippen LogP contribution >= 0.6 is 0 Å². The Kier molecular flexibility index (Phi) is 14.7. The molecule has 170 valence electrons. The molecule has 0 aliphatic heterocycles. The van der Waals surface area contributed by atoms with E-state index in [1.165, 1.54) is 0 Å². The lowest BCUT2D eigenvalue weighted by atomic mass is 10.1. The van der Waals surface area contributed by atoms with Gasteiger partial charge in [-0.25, -0.2) is 0 Å². The monoisotopic (exact) mass is 419 g/mol. The van der Waals surface area contributed by atoms with E-state index in [0.717, 1.165) is 82.9 Å². The lowest BCUT2D eigenvalue weighted by Crippen LogP contribution is -2.18. The number of hydrogen-bond donors (Lipinski definition) is 1. The summed E-state index contributed by atoms with van der Waals surface area (Å²) in [5, 5.41) is 3.37. The first-order valence-electron chi connectivity index (χ1n) is 11.9. The molecule has 0 bridgehead atoms. The molecule has 30 heavy (non-hydrogen) atoms. The van der Waals surface area contributed by atoms with Crippen molar-refractivity contribution in [1.29, 1.82) is 0 Å². The van der Waals surface area contributed by atoms with E-state index in [2.05, 4.69) is 26.1 Å². The number of carbonyl (C=O) groups excluding carboxylic acids is 2. The number of nitrogens with one attached hydrogen (secondary N) is 1. The van der Waals surface area contributed by atoms with Gasteiger partial charge in [-0.1, -0.05) is 65.4 Å². The van der Waals surface area contributed by atoms with E-state index < -0.39 is 0 Å². The number of rotatable bonds is 17. The fraction of sp³-hybridized carbons (Fsp3) is 0.680. The molecule has 0 spiro atoms. The molecule has 0 saturated heterocycles. The second kappa shape index (κ2) is 16.9. The van der Waals surface area contributed by atoms with Crippen LogP contribution in [-0.2, 0) is 16.0 Å². The first-order valence-corrected chi connectivity index (χ1v) is 11.9. The first-order chi connectivity index (χ1) is 14.6. The first kappa shape index (κ1) is 26.2. The highest BCUT2D eigenvalue weighted by molar-refractivity contribution is 5.76. The van der Waals surface area contributed by atoms with E-state index >= 15 is 0 Å². The van der Waals surface area contributed by atoms with Crippen molar-refractivity contribution in [2.45, 2.75) is 97.8 Å². The smallest absolute Gasteiger partial charge is 0.311 e. The third kappa shape index (κ3) is 12.0. The van der Waals surface area contributed by atoms with Gasteiger partial charge in [-0.15, -0.1) is 0 Å². The van der Waals surface area contributed by atoms with E-state index in [1.807, 2.05) is 12.1 Å². The molecule has 1 aromatic carbocycles. The van der Waals surface area contributed by atoms with Crippen LogP contribution in [0.15, 0.2) is 18.2 Å². The van der Waals surface area contributed by atoms with Crippen LogP contribution in [0.25, 0.3) is 0 Å². The molecule has 0 unspecified atom stereocenters. The fourth-order valence-electron chi connectivity index (χ4n) is 3.15. The minimum absolute atomic E-state index is 0.271. The number of unbranched alkanes of at least 4 members (excludes halogenated alkanes) is 6. The van der Waals surface area contributed by atoms with Gasteiger partial charge in [0.1, 0.15) is 0 Å². The van der Waals surface area contributed by atoms with Crippen molar-refractivity contribution in [3.05, 3.63) is 23.8 Å². The van der Waals surface area contributed by atoms with Crippen molar-refractivity contribution in [2.75, 3.05) is 13.1 Å². The molecule has 0 atom stereocenters. The Morgan fingerprint density at radius 1 is 0.733 bits per heavy atom. The SMILES string of the molecule is CCCCCCC(=O)Oc1ccc(CCNCCC)cc1OC(=O)CCCCCC. The summed E-state index contributed by atoms with van der Waals surface area (Å²) in [6, 6.07) is 5.52. The Morgan fingerprint density at radius 2 is 1.33 bits per heavy atom. The van der Waals surface area contributed by atoms with Crippen LogP contribution < -0.4 is 14.8 Å². The molecule has 0 saturated carbocycles. The molecule has 0 amide bonds.